The second kappa shape index (κ2) is 12.2. The lowest BCUT2D eigenvalue weighted by Crippen LogP contribution is -2.58. The lowest BCUT2D eigenvalue weighted by Gasteiger charge is -2.46. The van der Waals surface area contributed by atoms with Gasteiger partial charge in [-0.1, -0.05) is 72.8 Å². The second-order valence-electron chi connectivity index (χ2n) is 11.0. The summed E-state index contributed by atoms with van der Waals surface area (Å²) >= 11 is 0. The van der Waals surface area contributed by atoms with Crippen LogP contribution in [0, 0.1) is 0 Å². The highest BCUT2D eigenvalue weighted by Crippen LogP contribution is 2.42. The first-order valence-corrected chi connectivity index (χ1v) is 13.6. The van der Waals surface area contributed by atoms with Crippen molar-refractivity contribution in [3.8, 4) is 0 Å². The number of rotatable bonds is 11. The van der Waals surface area contributed by atoms with Crippen LogP contribution in [0.4, 0.5) is 5.69 Å². The highest BCUT2D eigenvalue weighted by Gasteiger charge is 2.49. The molecule has 0 radical (unpaired) electrons. The van der Waals surface area contributed by atoms with Crippen molar-refractivity contribution >= 4 is 17.3 Å². The van der Waals surface area contributed by atoms with E-state index in [1.165, 1.54) is 0 Å². The number of morpholine rings is 1. The first-order valence-electron chi connectivity index (χ1n) is 13.6. The van der Waals surface area contributed by atoms with Crippen molar-refractivity contribution in [3.05, 3.63) is 102 Å². The number of hydrogen-bond acceptors (Lipinski definition) is 6. The lowest BCUT2D eigenvalue weighted by molar-refractivity contribution is -0.130. The molecule has 4 rings (SSSR count). The SMILES string of the molecule is CC(=O)C(Cc1ccccc1)(C(CC(C)(O)C(=O)c1ccccc1)c1ccc(N2CCOCC2)cc1)N(C)C. The van der Waals surface area contributed by atoms with Gasteiger partial charge in [-0.25, -0.2) is 0 Å². The zero-order valence-corrected chi connectivity index (χ0v) is 23.5. The molecule has 3 aromatic carbocycles. The second-order valence-corrected chi connectivity index (χ2v) is 11.0. The van der Waals surface area contributed by atoms with Gasteiger partial charge in [0, 0.05) is 30.3 Å². The van der Waals surface area contributed by atoms with Crippen LogP contribution in [0.1, 0.15) is 47.7 Å². The molecule has 0 saturated carbocycles. The Morgan fingerprint density at radius 1 is 0.923 bits per heavy atom. The first-order chi connectivity index (χ1) is 18.6. The summed E-state index contributed by atoms with van der Waals surface area (Å²) in [5.41, 5.74) is 0.781. The van der Waals surface area contributed by atoms with Crippen molar-refractivity contribution < 1.29 is 19.4 Å². The van der Waals surface area contributed by atoms with Gasteiger partial charge in [0.25, 0.3) is 0 Å². The van der Waals surface area contributed by atoms with Crippen LogP contribution in [0.2, 0.25) is 0 Å². The largest absolute Gasteiger partial charge is 0.382 e. The van der Waals surface area contributed by atoms with Gasteiger partial charge in [0.15, 0.2) is 11.6 Å². The maximum Gasteiger partial charge on any atom is 0.194 e. The number of benzene rings is 3. The molecular weight excluding hydrogens is 488 g/mol. The maximum absolute atomic E-state index is 13.7. The van der Waals surface area contributed by atoms with Crippen LogP contribution in [0.15, 0.2) is 84.9 Å². The van der Waals surface area contributed by atoms with Gasteiger partial charge in [0.05, 0.1) is 18.8 Å². The van der Waals surface area contributed by atoms with E-state index in [9.17, 15) is 14.7 Å². The Kier molecular flexibility index (Phi) is 9.01. The molecule has 6 heteroatoms. The number of anilines is 1. The van der Waals surface area contributed by atoms with E-state index in [0.717, 1.165) is 29.9 Å². The molecular formula is C33H40N2O4. The third-order valence-electron chi connectivity index (χ3n) is 8.10. The van der Waals surface area contributed by atoms with Gasteiger partial charge in [-0.2, -0.15) is 0 Å². The van der Waals surface area contributed by atoms with Gasteiger partial charge >= 0.3 is 0 Å². The number of likely N-dealkylation sites (N-methyl/N-ethyl adjacent to an activating group) is 1. The Bertz CT molecular complexity index is 1240. The summed E-state index contributed by atoms with van der Waals surface area (Å²) in [6.45, 7) is 6.23. The van der Waals surface area contributed by atoms with Crippen molar-refractivity contribution in [3.63, 3.8) is 0 Å². The van der Waals surface area contributed by atoms with E-state index in [-0.39, 0.29) is 18.0 Å². The minimum absolute atomic E-state index is 0.0124. The molecule has 1 fully saturated rings. The molecule has 1 N–H and O–H groups in total. The summed E-state index contributed by atoms with van der Waals surface area (Å²) in [5, 5.41) is 11.7. The number of ketones is 2. The Hall–Kier alpha value is -3.32. The standard InChI is InChI=1S/C33H40N2O4/c1-25(36)33(34(3)4,23-26-11-7-5-8-12-26)30(24-32(2,38)31(37)28-13-9-6-10-14-28)27-15-17-29(18-16-27)35-19-21-39-22-20-35/h5-18,30,38H,19-24H2,1-4H3. The summed E-state index contributed by atoms with van der Waals surface area (Å²) in [6, 6.07) is 27.0. The quantitative estimate of drug-likeness (QED) is 0.362. The molecule has 6 nitrogen and oxygen atoms in total. The Labute approximate surface area is 232 Å². The molecule has 0 bridgehead atoms. The van der Waals surface area contributed by atoms with E-state index >= 15 is 0 Å². The number of carbonyl (C=O) groups is 2. The molecule has 1 heterocycles. The minimum Gasteiger partial charge on any atom is -0.382 e. The van der Waals surface area contributed by atoms with Crippen LogP contribution in [0.5, 0.6) is 0 Å². The van der Waals surface area contributed by atoms with Crippen molar-refractivity contribution in [2.75, 3.05) is 45.3 Å². The van der Waals surface area contributed by atoms with Crippen LogP contribution < -0.4 is 4.90 Å². The summed E-state index contributed by atoms with van der Waals surface area (Å²) < 4.78 is 5.51. The molecule has 1 aliphatic rings. The number of Topliss-reactive ketones (excluding diaryl/α,β-unsaturated/α-hetero) is 2. The van der Waals surface area contributed by atoms with E-state index in [1.54, 1.807) is 38.1 Å². The van der Waals surface area contributed by atoms with Crippen LogP contribution in [0.25, 0.3) is 0 Å². The Morgan fingerprint density at radius 3 is 2.03 bits per heavy atom. The van der Waals surface area contributed by atoms with Crippen LogP contribution in [0.3, 0.4) is 0 Å². The number of ether oxygens (including phenoxy) is 1. The van der Waals surface area contributed by atoms with Crippen molar-refractivity contribution in [2.24, 2.45) is 0 Å². The fourth-order valence-corrected chi connectivity index (χ4v) is 5.88. The zero-order chi connectivity index (χ0) is 28.0. The zero-order valence-electron chi connectivity index (χ0n) is 23.5. The fourth-order valence-electron chi connectivity index (χ4n) is 5.88. The van der Waals surface area contributed by atoms with Crippen LogP contribution in [-0.2, 0) is 16.0 Å². The summed E-state index contributed by atoms with van der Waals surface area (Å²) in [5.74, 6) is -0.831. The Balaban J connectivity index is 1.80. The maximum atomic E-state index is 13.7. The fraction of sp³-hybridized carbons (Fsp3) is 0.394. The molecule has 3 atom stereocenters. The van der Waals surface area contributed by atoms with Gasteiger partial charge in [-0.15, -0.1) is 0 Å². The number of carbonyl (C=O) groups excluding carboxylic acids is 2. The minimum atomic E-state index is -1.69. The van der Waals surface area contributed by atoms with Crippen molar-refractivity contribution in [2.45, 2.75) is 43.7 Å². The summed E-state index contributed by atoms with van der Waals surface area (Å²) in [4.78, 5) is 31.5. The van der Waals surface area contributed by atoms with E-state index in [4.69, 9.17) is 4.74 Å². The molecule has 39 heavy (non-hydrogen) atoms. The highest BCUT2D eigenvalue weighted by atomic mass is 16.5. The topological polar surface area (TPSA) is 70.1 Å². The number of nitrogens with zero attached hydrogens (tertiary/aromatic N) is 2. The monoisotopic (exact) mass is 528 g/mol. The van der Waals surface area contributed by atoms with E-state index < -0.39 is 17.1 Å². The van der Waals surface area contributed by atoms with Gasteiger partial charge in [-0.05, 0) is 64.0 Å². The van der Waals surface area contributed by atoms with Gasteiger partial charge in [0.1, 0.15) is 5.60 Å². The average molecular weight is 529 g/mol. The van der Waals surface area contributed by atoms with E-state index in [2.05, 4.69) is 17.0 Å². The summed E-state index contributed by atoms with van der Waals surface area (Å²) in [6.07, 6.45) is 0.532. The van der Waals surface area contributed by atoms with Gasteiger partial charge in [0.2, 0.25) is 0 Å². The predicted octanol–water partition coefficient (Wildman–Crippen LogP) is 4.76. The highest BCUT2D eigenvalue weighted by molar-refractivity contribution is 6.02. The normalized spacial score (nSPS) is 17.7. The molecule has 0 spiro atoms. The smallest absolute Gasteiger partial charge is 0.194 e. The molecule has 0 aliphatic carbocycles. The molecule has 3 unspecified atom stereocenters. The summed E-state index contributed by atoms with van der Waals surface area (Å²) in [7, 11) is 3.82. The molecule has 1 saturated heterocycles. The van der Waals surface area contributed by atoms with Crippen LogP contribution in [-0.4, -0.2) is 73.1 Å². The average Bonchev–Trinajstić information content (AvgIpc) is 2.95. The third-order valence-corrected chi connectivity index (χ3v) is 8.10. The van der Waals surface area contributed by atoms with Crippen molar-refractivity contribution in [1.29, 1.82) is 0 Å². The van der Waals surface area contributed by atoms with E-state index in [1.807, 2.05) is 67.5 Å². The van der Waals surface area contributed by atoms with Crippen LogP contribution >= 0.6 is 0 Å². The number of hydrogen-bond donors (Lipinski definition) is 1. The number of aliphatic hydroxyl groups is 1. The Morgan fingerprint density at radius 2 is 1.49 bits per heavy atom. The first kappa shape index (κ1) is 28.7. The molecule has 0 amide bonds. The van der Waals surface area contributed by atoms with Crippen molar-refractivity contribution in [1.82, 2.24) is 4.90 Å². The molecule has 0 aromatic heterocycles. The molecule has 1 aliphatic heterocycles. The molecule has 206 valence electrons. The molecule has 3 aromatic rings. The lowest BCUT2D eigenvalue weighted by atomic mass is 9.67. The predicted molar refractivity (Wildman–Crippen MR) is 155 cm³/mol. The van der Waals surface area contributed by atoms with Gasteiger partial charge in [-0.3, -0.25) is 14.5 Å². The third kappa shape index (κ3) is 6.30. The van der Waals surface area contributed by atoms with Gasteiger partial charge < -0.3 is 14.7 Å². The van der Waals surface area contributed by atoms with E-state index in [0.29, 0.717) is 25.2 Å².